The lowest BCUT2D eigenvalue weighted by Crippen LogP contribution is -2.10. The van der Waals surface area contributed by atoms with Gasteiger partial charge in [-0.3, -0.25) is 4.79 Å². The number of aromatic nitrogens is 1. The molecule has 2 nitrogen and oxygen atoms in total. The second-order valence-corrected chi connectivity index (χ2v) is 3.23. The summed E-state index contributed by atoms with van der Waals surface area (Å²) in [6.45, 7) is 5.93. The van der Waals surface area contributed by atoms with Gasteiger partial charge in [0.1, 0.15) is 0 Å². The summed E-state index contributed by atoms with van der Waals surface area (Å²) >= 11 is 0. The number of aromatic amines is 1. The maximum Gasteiger partial charge on any atom is 0.181 e. The summed E-state index contributed by atoms with van der Waals surface area (Å²) in [4.78, 5) is 14.6. The van der Waals surface area contributed by atoms with Gasteiger partial charge in [-0.1, -0.05) is 13.8 Å². The fraction of sp³-hybridized carbons (Fsp3) is 0.500. The first-order valence-corrected chi connectivity index (χ1v) is 4.35. The molecule has 1 rings (SSSR count). The van der Waals surface area contributed by atoms with Gasteiger partial charge in [0.05, 0.1) is 5.69 Å². The quantitative estimate of drug-likeness (QED) is 0.686. The number of nitrogens with one attached hydrogen (secondary N) is 1. The molecule has 0 radical (unpaired) electrons. The summed E-state index contributed by atoms with van der Waals surface area (Å²) in [6.07, 6.45) is 0.900. The van der Waals surface area contributed by atoms with Crippen LogP contribution >= 0.6 is 0 Å². The molecule has 66 valence electrons. The number of hydrogen-bond acceptors (Lipinski definition) is 1. The number of rotatable bonds is 3. The third-order valence-corrected chi connectivity index (χ3v) is 2.16. The molecule has 1 unspecified atom stereocenters. The molecule has 0 aliphatic heterocycles. The van der Waals surface area contributed by atoms with Crippen LogP contribution in [0, 0.1) is 12.8 Å². The maximum atomic E-state index is 11.6. The van der Waals surface area contributed by atoms with Crippen LogP contribution in [-0.4, -0.2) is 10.8 Å². The van der Waals surface area contributed by atoms with Gasteiger partial charge in [-0.05, 0) is 25.5 Å². The van der Waals surface area contributed by atoms with E-state index in [0.29, 0.717) is 0 Å². The van der Waals surface area contributed by atoms with Crippen LogP contribution in [0.15, 0.2) is 12.1 Å². The molecule has 1 atom stereocenters. The van der Waals surface area contributed by atoms with E-state index >= 15 is 0 Å². The largest absolute Gasteiger partial charge is 0.356 e. The molecule has 0 saturated carbocycles. The van der Waals surface area contributed by atoms with E-state index in [2.05, 4.69) is 4.98 Å². The predicted octanol–water partition coefficient (Wildman–Crippen LogP) is 2.55. The first kappa shape index (κ1) is 9.04. The minimum absolute atomic E-state index is 0.128. The zero-order valence-electron chi connectivity index (χ0n) is 7.85. The molecule has 0 fully saturated rings. The molecule has 0 aromatic carbocycles. The van der Waals surface area contributed by atoms with Gasteiger partial charge in [0.15, 0.2) is 5.78 Å². The third kappa shape index (κ3) is 1.76. The van der Waals surface area contributed by atoms with Gasteiger partial charge in [0.25, 0.3) is 0 Å². The molecule has 1 aromatic heterocycles. The molecule has 2 heteroatoms. The summed E-state index contributed by atoms with van der Waals surface area (Å²) in [5.41, 5.74) is 1.78. The smallest absolute Gasteiger partial charge is 0.181 e. The minimum Gasteiger partial charge on any atom is -0.356 e. The number of aryl methyl sites for hydroxylation is 1. The van der Waals surface area contributed by atoms with E-state index in [9.17, 15) is 4.79 Å². The van der Waals surface area contributed by atoms with Crippen molar-refractivity contribution in [2.75, 3.05) is 0 Å². The fourth-order valence-electron chi connectivity index (χ4n) is 1.10. The number of hydrogen-bond donors (Lipinski definition) is 1. The van der Waals surface area contributed by atoms with Gasteiger partial charge in [0.2, 0.25) is 0 Å². The summed E-state index contributed by atoms with van der Waals surface area (Å²) < 4.78 is 0. The maximum absolute atomic E-state index is 11.6. The zero-order valence-corrected chi connectivity index (χ0v) is 7.85. The Balaban J connectivity index is 2.78. The van der Waals surface area contributed by atoms with Crippen molar-refractivity contribution in [1.82, 2.24) is 4.98 Å². The van der Waals surface area contributed by atoms with E-state index in [1.807, 2.05) is 32.9 Å². The number of carbonyl (C=O) groups excluding carboxylic acids is 1. The molecule has 0 bridgehead atoms. The highest BCUT2D eigenvalue weighted by Crippen LogP contribution is 2.10. The molecule has 0 amide bonds. The number of Topliss-reactive ketones (excluding diaryl/α,β-unsaturated/α-hetero) is 1. The fourth-order valence-corrected chi connectivity index (χ4v) is 1.10. The Labute approximate surface area is 73.0 Å². The van der Waals surface area contributed by atoms with Crippen LogP contribution in [0.1, 0.15) is 36.5 Å². The van der Waals surface area contributed by atoms with Gasteiger partial charge in [-0.15, -0.1) is 0 Å². The predicted molar refractivity (Wildman–Crippen MR) is 49.3 cm³/mol. The van der Waals surface area contributed by atoms with E-state index in [0.717, 1.165) is 17.8 Å². The molecule has 0 saturated heterocycles. The Bertz CT molecular complexity index is 275. The Morgan fingerprint density at radius 3 is 2.67 bits per heavy atom. The highest BCUT2D eigenvalue weighted by atomic mass is 16.1. The normalized spacial score (nSPS) is 12.9. The average Bonchev–Trinajstić information content (AvgIpc) is 2.49. The van der Waals surface area contributed by atoms with Gasteiger partial charge in [-0.2, -0.15) is 0 Å². The molecule has 1 aromatic rings. The number of H-pyrrole nitrogens is 1. The first-order valence-electron chi connectivity index (χ1n) is 4.35. The Hall–Kier alpha value is -1.05. The Morgan fingerprint density at radius 1 is 1.58 bits per heavy atom. The van der Waals surface area contributed by atoms with E-state index in [-0.39, 0.29) is 11.7 Å². The standard InChI is InChI=1S/C10H15NO/c1-4-7(2)10(12)9-6-5-8(3)11-9/h5-7,11H,4H2,1-3H3. The van der Waals surface area contributed by atoms with Gasteiger partial charge in [0, 0.05) is 11.6 Å². The van der Waals surface area contributed by atoms with E-state index in [4.69, 9.17) is 0 Å². The molecule has 0 aliphatic carbocycles. The van der Waals surface area contributed by atoms with E-state index in [1.165, 1.54) is 0 Å². The lowest BCUT2D eigenvalue weighted by Gasteiger charge is -2.04. The number of carbonyl (C=O) groups is 1. The third-order valence-electron chi connectivity index (χ3n) is 2.16. The van der Waals surface area contributed by atoms with E-state index < -0.39 is 0 Å². The molecular formula is C10H15NO. The van der Waals surface area contributed by atoms with Crippen LogP contribution in [0.4, 0.5) is 0 Å². The molecule has 0 aliphatic rings. The lowest BCUT2D eigenvalue weighted by atomic mass is 10.0. The van der Waals surface area contributed by atoms with Crippen LogP contribution in [-0.2, 0) is 0 Å². The second kappa shape index (κ2) is 3.57. The summed E-state index contributed by atoms with van der Waals surface area (Å²) in [5, 5.41) is 0. The van der Waals surface area contributed by atoms with Crippen molar-refractivity contribution in [2.24, 2.45) is 5.92 Å². The van der Waals surface area contributed by atoms with Crippen molar-refractivity contribution >= 4 is 5.78 Å². The van der Waals surface area contributed by atoms with Crippen molar-refractivity contribution in [3.63, 3.8) is 0 Å². The highest BCUT2D eigenvalue weighted by Gasteiger charge is 2.13. The average molecular weight is 165 g/mol. The van der Waals surface area contributed by atoms with Gasteiger partial charge in [-0.25, -0.2) is 0 Å². The topological polar surface area (TPSA) is 32.9 Å². The van der Waals surface area contributed by atoms with Crippen molar-refractivity contribution in [3.8, 4) is 0 Å². The highest BCUT2D eigenvalue weighted by molar-refractivity contribution is 5.96. The molecular weight excluding hydrogens is 150 g/mol. The van der Waals surface area contributed by atoms with Crippen molar-refractivity contribution in [1.29, 1.82) is 0 Å². The number of ketones is 1. The SMILES string of the molecule is CCC(C)C(=O)c1ccc(C)[nH]1. The van der Waals surface area contributed by atoms with Crippen LogP contribution in [0.25, 0.3) is 0 Å². The first-order chi connectivity index (χ1) is 5.65. The van der Waals surface area contributed by atoms with Crippen molar-refractivity contribution < 1.29 is 4.79 Å². The molecule has 1 heterocycles. The minimum atomic E-state index is 0.128. The van der Waals surface area contributed by atoms with Gasteiger partial charge < -0.3 is 4.98 Å². The second-order valence-electron chi connectivity index (χ2n) is 3.23. The molecule has 12 heavy (non-hydrogen) atoms. The molecule has 1 N–H and O–H groups in total. The van der Waals surface area contributed by atoms with Crippen LogP contribution < -0.4 is 0 Å². The van der Waals surface area contributed by atoms with Gasteiger partial charge >= 0.3 is 0 Å². The van der Waals surface area contributed by atoms with Crippen LogP contribution in [0.2, 0.25) is 0 Å². The Kier molecular flexibility index (Phi) is 2.69. The monoisotopic (exact) mass is 165 g/mol. The zero-order chi connectivity index (χ0) is 9.14. The van der Waals surface area contributed by atoms with Crippen LogP contribution in [0.3, 0.4) is 0 Å². The summed E-state index contributed by atoms with van der Waals surface area (Å²) in [6, 6.07) is 3.78. The van der Waals surface area contributed by atoms with E-state index in [1.54, 1.807) is 0 Å². The van der Waals surface area contributed by atoms with Crippen LogP contribution in [0.5, 0.6) is 0 Å². The van der Waals surface area contributed by atoms with Crippen molar-refractivity contribution in [2.45, 2.75) is 27.2 Å². The van der Waals surface area contributed by atoms with Crippen molar-refractivity contribution in [3.05, 3.63) is 23.5 Å². The summed E-state index contributed by atoms with van der Waals surface area (Å²) in [7, 11) is 0. The summed E-state index contributed by atoms with van der Waals surface area (Å²) in [5.74, 6) is 0.341. The Morgan fingerprint density at radius 2 is 2.25 bits per heavy atom. The lowest BCUT2D eigenvalue weighted by molar-refractivity contribution is 0.0922. The molecule has 0 spiro atoms.